The van der Waals surface area contributed by atoms with Crippen LogP contribution in [0.5, 0.6) is 0 Å². The van der Waals surface area contributed by atoms with E-state index in [0.717, 1.165) is 24.2 Å². The van der Waals surface area contributed by atoms with Crippen LogP contribution in [0.4, 0.5) is 8.78 Å². The SMILES string of the molecule is CCNCC(Cc1cccc(F)c1Br)c1cccc(F)c1. The lowest BCUT2D eigenvalue weighted by molar-refractivity contribution is 0.576. The Labute approximate surface area is 132 Å². The van der Waals surface area contributed by atoms with Gasteiger partial charge in [0.05, 0.1) is 4.47 Å². The van der Waals surface area contributed by atoms with Crippen LogP contribution in [0.3, 0.4) is 0 Å². The summed E-state index contributed by atoms with van der Waals surface area (Å²) in [6, 6.07) is 11.6. The fraction of sp³-hybridized carbons (Fsp3) is 0.294. The summed E-state index contributed by atoms with van der Waals surface area (Å²) >= 11 is 3.29. The quantitative estimate of drug-likeness (QED) is 0.795. The summed E-state index contributed by atoms with van der Waals surface area (Å²) in [5, 5.41) is 3.29. The number of hydrogen-bond donors (Lipinski definition) is 1. The highest BCUT2D eigenvalue weighted by atomic mass is 79.9. The van der Waals surface area contributed by atoms with Gasteiger partial charge in [-0.3, -0.25) is 0 Å². The highest BCUT2D eigenvalue weighted by Gasteiger charge is 2.15. The Hall–Kier alpha value is -1.26. The maximum atomic E-state index is 13.6. The third kappa shape index (κ3) is 4.35. The standard InChI is InChI=1S/C17H18BrF2N/c1-2-21-11-14(12-5-3-7-15(19)10-12)9-13-6-4-8-16(20)17(13)18/h3-8,10,14,21H,2,9,11H2,1H3. The first-order chi connectivity index (χ1) is 10.1. The molecule has 2 aromatic carbocycles. The fourth-order valence-electron chi connectivity index (χ4n) is 2.36. The van der Waals surface area contributed by atoms with Crippen LogP contribution >= 0.6 is 15.9 Å². The Morgan fingerprint density at radius 1 is 1.14 bits per heavy atom. The Bertz CT molecular complexity index is 601. The number of benzene rings is 2. The minimum Gasteiger partial charge on any atom is -0.316 e. The van der Waals surface area contributed by atoms with Gasteiger partial charge in [-0.05, 0) is 58.2 Å². The predicted octanol–water partition coefficient (Wildman–Crippen LogP) is 4.66. The smallest absolute Gasteiger partial charge is 0.137 e. The molecule has 0 aliphatic rings. The Balaban J connectivity index is 2.26. The van der Waals surface area contributed by atoms with E-state index in [1.165, 1.54) is 12.1 Å². The molecule has 1 atom stereocenters. The molecular weight excluding hydrogens is 336 g/mol. The normalized spacial score (nSPS) is 12.4. The molecule has 0 bridgehead atoms. The van der Waals surface area contributed by atoms with Crippen LogP contribution in [0.15, 0.2) is 46.9 Å². The molecule has 0 aliphatic carbocycles. The molecule has 0 heterocycles. The van der Waals surface area contributed by atoms with Gasteiger partial charge >= 0.3 is 0 Å². The zero-order valence-electron chi connectivity index (χ0n) is 11.9. The molecule has 0 aromatic heterocycles. The fourth-order valence-corrected chi connectivity index (χ4v) is 2.78. The number of likely N-dealkylation sites (N-methyl/N-ethyl adjacent to an activating group) is 1. The van der Waals surface area contributed by atoms with Crippen molar-refractivity contribution >= 4 is 15.9 Å². The third-order valence-corrected chi connectivity index (χ3v) is 4.35. The molecule has 0 saturated carbocycles. The highest BCUT2D eigenvalue weighted by Crippen LogP contribution is 2.27. The highest BCUT2D eigenvalue weighted by molar-refractivity contribution is 9.10. The Morgan fingerprint density at radius 2 is 1.90 bits per heavy atom. The Morgan fingerprint density at radius 3 is 2.62 bits per heavy atom. The van der Waals surface area contributed by atoms with Gasteiger partial charge in [0, 0.05) is 12.5 Å². The summed E-state index contributed by atoms with van der Waals surface area (Å²) in [5.74, 6) is -0.417. The van der Waals surface area contributed by atoms with E-state index in [0.29, 0.717) is 10.9 Å². The lowest BCUT2D eigenvalue weighted by Crippen LogP contribution is -2.23. The van der Waals surface area contributed by atoms with Gasteiger partial charge in [-0.25, -0.2) is 8.78 Å². The van der Waals surface area contributed by atoms with Crippen LogP contribution in [-0.4, -0.2) is 13.1 Å². The molecule has 0 aliphatic heterocycles. The molecule has 21 heavy (non-hydrogen) atoms. The molecule has 2 aromatic rings. The zero-order valence-corrected chi connectivity index (χ0v) is 13.5. The predicted molar refractivity (Wildman–Crippen MR) is 85.5 cm³/mol. The second-order valence-corrected chi connectivity index (χ2v) is 5.77. The van der Waals surface area contributed by atoms with Gasteiger partial charge in [-0.1, -0.05) is 31.2 Å². The van der Waals surface area contributed by atoms with E-state index in [2.05, 4.69) is 21.2 Å². The topological polar surface area (TPSA) is 12.0 Å². The molecule has 1 unspecified atom stereocenters. The largest absolute Gasteiger partial charge is 0.316 e. The summed E-state index contributed by atoms with van der Waals surface area (Å²) in [5.41, 5.74) is 1.81. The molecule has 1 nitrogen and oxygen atoms in total. The van der Waals surface area contributed by atoms with Gasteiger partial charge in [0.2, 0.25) is 0 Å². The van der Waals surface area contributed by atoms with Gasteiger partial charge in [0.15, 0.2) is 0 Å². The van der Waals surface area contributed by atoms with Crippen LogP contribution < -0.4 is 5.32 Å². The van der Waals surface area contributed by atoms with Crippen molar-refractivity contribution in [2.75, 3.05) is 13.1 Å². The number of halogens is 3. The zero-order chi connectivity index (χ0) is 15.2. The van der Waals surface area contributed by atoms with Crippen molar-refractivity contribution in [2.45, 2.75) is 19.3 Å². The maximum Gasteiger partial charge on any atom is 0.137 e. The van der Waals surface area contributed by atoms with Crippen molar-refractivity contribution in [3.05, 3.63) is 69.7 Å². The van der Waals surface area contributed by atoms with Crippen molar-refractivity contribution in [1.82, 2.24) is 5.32 Å². The van der Waals surface area contributed by atoms with Gasteiger partial charge in [-0.15, -0.1) is 0 Å². The second-order valence-electron chi connectivity index (χ2n) is 4.98. The van der Waals surface area contributed by atoms with Crippen molar-refractivity contribution in [3.8, 4) is 0 Å². The number of rotatable bonds is 6. The van der Waals surface area contributed by atoms with E-state index in [4.69, 9.17) is 0 Å². The van der Waals surface area contributed by atoms with Gasteiger partial charge in [0.1, 0.15) is 11.6 Å². The van der Waals surface area contributed by atoms with Crippen molar-refractivity contribution in [3.63, 3.8) is 0 Å². The van der Waals surface area contributed by atoms with E-state index >= 15 is 0 Å². The molecule has 112 valence electrons. The van der Waals surface area contributed by atoms with Crippen LogP contribution in [0, 0.1) is 11.6 Å². The van der Waals surface area contributed by atoms with Crippen LogP contribution in [0.25, 0.3) is 0 Å². The van der Waals surface area contributed by atoms with Gasteiger partial charge in [0.25, 0.3) is 0 Å². The summed E-state index contributed by atoms with van der Waals surface area (Å²) in [6.07, 6.45) is 0.648. The van der Waals surface area contributed by atoms with Crippen LogP contribution in [0.2, 0.25) is 0 Å². The number of nitrogens with one attached hydrogen (secondary N) is 1. The van der Waals surface area contributed by atoms with Crippen molar-refractivity contribution < 1.29 is 8.78 Å². The minimum absolute atomic E-state index is 0.0961. The molecule has 4 heteroatoms. The molecule has 0 fully saturated rings. The maximum absolute atomic E-state index is 13.6. The molecule has 0 radical (unpaired) electrons. The van der Waals surface area contributed by atoms with Gasteiger partial charge in [-0.2, -0.15) is 0 Å². The van der Waals surface area contributed by atoms with E-state index in [9.17, 15) is 8.78 Å². The van der Waals surface area contributed by atoms with E-state index in [1.54, 1.807) is 18.2 Å². The molecule has 0 saturated heterocycles. The lowest BCUT2D eigenvalue weighted by atomic mass is 9.91. The summed E-state index contributed by atoms with van der Waals surface area (Å²) < 4.78 is 27.6. The Kier molecular flexibility index (Phi) is 5.88. The monoisotopic (exact) mass is 353 g/mol. The molecule has 2 rings (SSSR count). The molecular formula is C17H18BrF2N. The lowest BCUT2D eigenvalue weighted by Gasteiger charge is -2.19. The summed E-state index contributed by atoms with van der Waals surface area (Å²) in [7, 11) is 0. The average molecular weight is 354 g/mol. The minimum atomic E-state index is -0.269. The van der Waals surface area contributed by atoms with E-state index < -0.39 is 0 Å². The molecule has 0 spiro atoms. The molecule has 0 amide bonds. The van der Waals surface area contributed by atoms with E-state index in [-0.39, 0.29) is 17.6 Å². The van der Waals surface area contributed by atoms with Crippen molar-refractivity contribution in [1.29, 1.82) is 0 Å². The van der Waals surface area contributed by atoms with Crippen LogP contribution in [-0.2, 0) is 6.42 Å². The second kappa shape index (κ2) is 7.66. The third-order valence-electron chi connectivity index (χ3n) is 3.46. The van der Waals surface area contributed by atoms with Crippen molar-refractivity contribution in [2.24, 2.45) is 0 Å². The molecule has 1 N–H and O–H groups in total. The summed E-state index contributed by atoms with van der Waals surface area (Å²) in [4.78, 5) is 0. The number of hydrogen-bond acceptors (Lipinski definition) is 1. The average Bonchev–Trinajstić information content (AvgIpc) is 2.47. The first-order valence-electron chi connectivity index (χ1n) is 7.01. The van der Waals surface area contributed by atoms with Crippen LogP contribution in [0.1, 0.15) is 24.0 Å². The first kappa shape index (κ1) is 16.1. The van der Waals surface area contributed by atoms with Gasteiger partial charge < -0.3 is 5.32 Å². The summed E-state index contributed by atoms with van der Waals surface area (Å²) in [6.45, 7) is 3.60. The van der Waals surface area contributed by atoms with E-state index in [1.807, 2.05) is 19.1 Å². The first-order valence-corrected chi connectivity index (χ1v) is 7.80.